The van der Waals surface area contributed by atoms with Gasteiger partial charge in [0.05, 0.1) is 0 Å². The first-order chi connectivity index (χ1) is 13.1. The molecule has 0 unspecified atom stereocenters. The van der Waals surface area contributed by atoms with E-state index in [2.05, 4.69) is 4.98 Å². The Bertz CT molecular complexity index is 900. The number of ether oxygens (including phenoxy) is 1. The first-order valence-corrected chi connectivity index (χ1v) is 9.87. The number of hydrogen-bond acceptors (Lipinski definition) is 5. The number of amides is 1. The smallest absolute Gasteiger partial charge is 0.433 e. The molecule has 1 aliphatic heterocycles. The van der Waals surface area contributed by atoms with Gasteiger partial charge in [0.2, 0.25) is 0 Å². The number of aryl methyl sites for hydroxylation is 1. The number of halogens is 3. The molecular formula is C19H21F3N2O3S. The molecule has 0 aliphatic carbocycles. The standard InChI is InChI=1S/C19H21F3N2O3S/c1-10-5-4-6-11(2)24(10)15(25)9-27-18(26)16-12(3)13-7-8-14(19(20,21)22)23-17(13)28-16/h7-8,10-11H,4-6,9H2,1-3H3/t10-,11-/m0/s1. The predicted molar refractivity (Wildman–Crippen MR) is 99.3 cm³/mol. The molecule has 0 aromatic carbocycles. The second-order valence-electron chi connectivity index (χ2n) is 7.11. The summed E-state index contributed by atoms with van der Waals surface area (Å²) in [5.41, 5.74) is -0.511. The van der Waals surface area contributed by atoms with Gasteiger partial charge in [-0.15, -0.1) is 11.3 Å². The molecule has 152 valence electrons. The monoisotopic (exact) mass is 414 g/mol. The Morgan fingerprint density at radius 3 is 2.50 bits per heavy atom. The number of rotatable bonds is 3. The van der Waals surface area contributed by atoms with Gasteiger partial charge < -0.3 is 9.64 Å². The summed E-state index contributed by atoms with van der Waals surface area (Å²) in [6.45, 7) is 5.17. The topological polar surface area (TPSA) is 59.5 Å². The SMILES string of the molecule is Cc1c(C(=O)OCC(=O)N2[C@@H](C)CCC[C@@H]2C)sc2nc(C(F)(F)F)ccc12. The lowest BCUT2D eigenvalue weighted by molar-refractivity contribution is -0.141. The summed E-state index contributed by atoms with van der Waals surface area (Å²) < 4.78 is 43.7. The molecule has 0 saturated carbocycles. The number of pyridine rings is 1. The summed E-state index contributed by atoms with van der Waals surface area (Å²) in [7, 11) is 0. The highest BCUT2D eigenvalue weighted by molar-refractivity contribution is 7.20. The number of piperidine rings is 1. The summed E-state index contributed by atoms with van der Waals surface area (Å²) in [5.74, 6) is -0.982. The Balaban J connectivity index is 1.74. The van der Waals surface area contributed by atoms with Crippen LogP contribution in [-0.4, -0.2) is 40.5 Å². The van der Waals surface area contributed by atoms with Gasteiger partial charge in [-0.05, 0) is 57.7 Å². The van der Waals surface area contributed by atoms with E-state index in [-0.39, 0.29) is 34.3 Å². The second-order valence-corrected chi connectivity index (χ2v) is 8.11. The number of carbonyl (C=O) groups excluding carboxylic acids is 2. The fourth-order valence-electron chi connectivity index (χ4n) is 3.63. The van der Waals surface area contributed by atoms with Crippen molar-refractivity contribution in [3.05, 3.63) is 28.3 Å². The van der Waals surface area contributed by atoms with Gasteiger partial charge in [0, 0.05) is 17.5 Å². The molecule has 9 heteroatoms. The molecule has 0 bridgehead atoms. The predicted octanol–water partition coefficient (Wildman–Crippen LogP) is 4.57. The lowest BCUT2D eigenvalue weighted by Crippen LogP contribution is -2.49. The van der Waals surface area contributed by atoms with Crippen LogP contribution in [0.4, 0.5) is 13.2 Å². The molecule has 3 rings (SSSR count). The second kappa shape index (κ2) is 7.69. The number of nitrogens with zero attached hydrogens (tertiary/aromatic N) is 2. The normalized spacial score (nSPS) is 20.4. The maximum Gasteiger partial charge on any atom is 0.433 e. The zero-order chi connectivity index (χ0) is 20.6. The molecule has 0 spiro atoms. The van der Waals surface area contributed by atoms with E-state index in [0.29, 0.717) is 10.9 Å². The van der Waals surface area contributed by atoms with E-state index in [9.17, 15) is 22.8 Å². The van der Waals surface area contributed by atoms with Gasteiger partial charge in [0.25, 0.3) is 5.91 Å². The first-order valence-electron chi connectivity index (χ1n) is 9.05. The molecule has 0 radical (unpaired) electrons. The molecule has 2 atom stereocenters. The molecule has 2 aromatic rings. The number of aromatic nitrogens is 1. The molecule has 1 amide bonds. The zero-order valence-electron chi connectivity index (χ0n) is 15.8. The summed E-state index contributed by atoms with van der Waals surface area (Å²) in [4.78, 5) is 30.5. The van der Waals surface area contributed by atoms with Gasteiger partial charge >= 0.3 is 12.1 Å². The van der Waals surface area contributed by atoms with Crippen molar-refractivity contribution in [2.24, 2.45) is 0 Å². The molecule has 1 fully saturated rings. The lowest BCUT2D eigenvalue weighted by atomic mass is 9.97. The molecule has 2 aromatic heterocycles. The lowest BCUT2D eigenvalue weighted by Gasteiger charge is -2.38. The summed E-state index contributed by atoms with van der Waals surface area (Å²) in [5, 5.41) is 0.467. The summed E-state index contributed by atoms with van der Waals surface area (Å²) in [6.07, 6.45) is -1.68. The molecular weight excluding hydrogens is 393 g/mol. The van der Waals surface area contributed by atoms with Crippen LogP contribution in [0.3, 0.4) is 0 Å². The van der Waals surface area contributed by atoms with Gasteiger partial charge in [-0.1, -0.05) is 0 Å². The van der Waals surface area contributed by atoms with Crippen molar-refractivity contribution in [1.82, 2.24) is 9.88 Å². The van der Waals surface area contributed by atoms with Crippen LogP contribution in [0, 0.1) is 6.92 Å². The van der Waals surface area contributed by atoms with Gasteiger partial charge in [0.15, 0.2) is 6.61 Å². The minimum atomic E-state index is -4.55. The van der Waals surface area contributed by atoms with Crippen LogP contribution >= 0.6 is 11.3 Å². The third kappa shape index (κ3) is 3.99. The third-order valence-corrected chi connectivity index (χ3v) is 6.27. The van der Waals surface area contributed by atoms with Crippen LogP contribution in [0.5, 0.6) is 0 Å². The van der Waals surface area contributed by atoms with E-state index < -0.39 is 17.8 Å². The number of likely N-dealkylation sites (tertiary alicyclic amines) is 1. The third-order valence-electron chi connectivity index (χ3n) is 5.09. The van der Waals surface area contributed by atoms with E-state index in [4.69, 9.17) is 4.74 Å². The van der Waals surface area contributed by atoms with Gasteiger partial charge in [-0.25, -0.2) is 9.78 Å². The highest BCUT2D eigenvalue weighted by Gasteiger charge is 2.33. The van der Waals surface area contributed by atoms with Crippen molar-refractivity contribution < 1.29 is 27.5 Å². The molecule has 1 aliphatic rings. The number of esters is 1. The van der Waals surface area contributed by atoms with E-state index in [1.165, 1.54) is 6.07 Å². The van der Waals surface area contributed by atoms with Crippen molar-refractivity contribution in [2.75, 3.05) is 6.61 Å². The van der Waals surface area contributed by atoms with Crippen LogP contribution in [0.2, 0.25) is 0 Å². The largest absolute Gasteiger partial charge is 0.451 e. The molecule has 28 heavy (non-hydrogen) atoms. The molecule has 5 nitrogen and oxygen atoms in total. The molecule has 3 heterocycles. The van der Waals surface area contributed by atoms with Crippen LogP contribution in [0.25, 0.3) is 10.2 Å². The Morgan fingerprint density at radius 1 is 1.25 bits per heavy atom. The zero-order valence-corrected chi connectivity index (χ0v) is 16.6. The average Bonchev–Trinajstić information content (AvgIpc) is 2.95. The highest BCUT2D eigenvalue weighted by Crippen LogP contribution is 2.34. The van der Waals surface area contributed by atoms with Crippen molar-refractivity contribution in [2.45, 2.75) is 58.3 Å². The Labute approximate surface area is 164 Å². The Kier molecular flexibility index (Phi) is 5.65. The maximum atomic E-state index is 12.8. The van der Waals surface area contributed by atoms with Gasteiger partial charge in [-0.3, -0.25) is 4.79 Å². The highest BCUT2D eigenvalue weighted by atomic mass is 32.1. The van der Waals surface area contributed by atoms with Gasteiger partial charge in [-0.2, -0.15) is 13.2 Å². The Morgan fingerprint density at radius 2 is 1.89 bits per heavy atom. The van der Waals surface area contributed by atoms with E-state index in [0.717, 1.165) is 36.7 Å². The van der Waals surface area contributed by atoms with Gasteiger partial charge in [0.1, 0.15) is 15.4 Å². The fourth-order valence-corrected chi connectivity index (χ4v) is 4.71. The van der Waals surface area contributed by atoms with Crippen molar-refractivity contribution in [3.63, 3.8) is 0 Å². The van der Waals surface area contributed by atoms with E-state index >= 15 is 0 Å². The van der Waals surface area contributed by atoms with Crippen molar-refractivity contribution in [1.29, 1.82) is 0 Å². The van der Waals surface area contributed by atoms with Crippen LogP contribution in [0.1, 0.15) is 54.0 Å². The first kappa shape index (κ1) is 20.6. The van der Waals surface area contributed by atoms with Crippen LogP contribution in [-0.2, 0) is 15.7 Å². The van der Waals surface area contributed by atoms with Crippen molar-refractivity contribution in [3.8, 4) is 0 Å². The fraction of sp³-hybridized carbons (Fsp3) is 0.526. The minimum Gasteiger partial charge on any atom is -0.451 e. The number of fused-ring (bicyclic) bond motifs is 1. The maximum absolute atomic E-state index is 12.8. The number of carbonyl (C=O) groups is 2. The van der Waals surface area contributed by atoms with E-state index in [1.54, 1.807) is 11.8 Å². The summed E-state index contributed by atoms with van der Waals surface area (Å²) in [6, 6.07) is 2.37. The number of thiophene rings is 1. The van der Waals surface area contributed by atoms with Crippen LogP contribution < -0.4 is 0 Å². The Hall–Kier alpha value is -2.16. The quantitative estimate of drug-likeness (QED) is 0.691. The van der Waals surface area contributed by atoms with Crippen molar-refractivity contribution >= 4 is 33.4 Å². The number of alkyl halides is 3. The number of hydrogen-bond donors (Lipinski definition) is 0. The van der Waals surface area contributed by atoms with E-state index in [1.807, 2.05) is 13.8 Å². The molecule has 0 N–H and O–H groups in total. The summed E-state index contributed by atoms with van der Waals surface area (Å²) >= 11 is 0.840. The molecule has 1 saturated heterocycles. The average molecular weight is 414 g/mol. The van der Waals surface area contributed by atoms with Crippen LogP contribution in [0.15, 0.2) is 12.1 Å². The minimum absolute atomic E-state index is 0.0889.